The second kappa shape index (κ2) is 3.47. The summed E-state index contributed by atoms with van der Waals surface area (Å²) in [5.74, 6) is 1.07. The van der Waals surface area contributed by atoms with E-state index in [1.54, 1.807) is 0 Å². The summed E-state index contributed by atoms with van der Waals surface area (Å²) in [6.45, 7) is 2.36. The van der Waals surface area contributed by atoms with E-state index >= 15 is 0 Å². The minimum atomic E-state index is -0.128. The van der Waals surface area contributed by atoms with Crippen LogP contribution in [0.4, 0.5) is 5.69 Å². The molecule has 1 aromatic carbocycles. The Hall–Kier alpha value is -1.55. The molecule has 1 saturated carbocycles. The third kappa shape index (κ3) is 1.52. The van der Waals surface area contributed by atoms with Crippen molar-refractivity contribution in [3.05, 3.63) is 23.8 Å². The Bertz CT molecular complexity index is 482. The van der Waals surface area contributed by atoms with Gasteiger partial charge in [-0.25, -0.2) is 0 Å². The summed E-state index contributed by atoms with van der Waals surface area (Å²) in [6, 6.07) is 5.77. The van der Waals surface area contributed by atoms with Gasteiger partial charge in [-0.3, -0.25) is 4.79 Å². The van der Waals surface area contributed by atoms with E-state index in [0.29, 0.717) is 17.4 Å². The van der Waals surface area contributed by atoms with E-state index in [4.69, 9.17) is 4.74 Å². The van der Waals surface area contributed by atoms with Gasteiger partial charge in [0.2, 0.25) is 0 Å². The fourth-order valence-corrected chi connectivity index (χ4v) is 2.59. The number of carbonyl (C=O) groups is 1. The molecule has 0 spiro atoms. The topological polar surface area (TPSA) is 58.6 Å². The van der Waals surface area contributed by atoms with Crippen molar-refractivity contribution in [2.75, 3.05) is 18.5 Å². The predicted octanol–water partition coefficient (Wildman–Crippen LogP) is 1.29. The maximum absolute atomic E-state index is 11.3. The van der Waals surface area contributed by atoms with E-state index in [2.05, 4.69) is 12.2 Å². The van der Waals surface area contributed by atoms with Gasteiger partial charge in [-0.1, -0.05) is 13.0 Å². The minimum absolute atomic E-state index is 0.0773. The van der Waals surface area contributed by atoms with Crippen LogP contribution in [0.3, 0.4) is 0 Å². The van der Waals surface area contributed by atoms with Crippen LogP contribution in [0.25, 0.3) is 0 Å². The first-order valence-corrected chi connectivity index (χ1v) is 5.84. The van der Waals surface area contributed by atoms with Crippen molar-refractivity contribution in [1.82, 2.24) is 0 Å². The van der Waals surface area contributed by atoms with E-state index < -0.39 is 0 Å². The molecule has 2 unspecified atom stereocenters. The lowest BCUT2D eigenvalue weighted by Crippen LogP contribution is -2.26. The van der Waals surface area contributed by atoms with Gasteiger partial charge in [0.25, 0.3) is 5.91 Å². The van der Waals surface area contributed by atoms with E-state index in [1.165, 1.54) is 0 Å². The zero-order valence-electron chi connectivity index (χ0n) is 9.69. The van der Waals surface area contributed by atoms with E-state index in [-0.39, 0.29) is 24.5 Å². The van der Waals surface area contributed by atoms with Gasteiger partial charge in [0.15, 0.2) is 6.61 Å². The Balaban J connectivity index is 1.98. The number of fused-ring (bicyclic) bond motifs is 1. The number of aliphatic hydroxyl groups is 1. The number of hydrogen-bond donors (Lipinski definition) is 2. The van der Waals surface area contributed by atoms with Crippen molar-refractivity contribution < 1.29 is 14.6 Å². The van der Waals surface area contributed by atoms with Crippen LogP contribution in [0.15, 0.2) is 18.2 Å². The second-order valence-corrected chi connectivity index (χ2v) is 4.97. The number of ether oxygens (including phenoxy) is 1. The molecule has 1 amide bonds. The molecule has 0 saturated heterocycles. The van der Waals surface area contributed by atoms with Crippen LogP contribution in [0.2, 0.25) is 0 Å². The molecular weight excluding hydrogens is 218 g/mol. The highest BCUT2D eigenvalue weighted by Crippen LogP contribution is 2.54. The molecule has 4 heteroatoms. The lowest BCUT2D eigenvalue weighted by Gasteiger charge is -2.21. The number of nitrogens with one attached hydrogen (secondary N) is 1. The average molecular weight is 233 g/mol. The molecule has 90 valence electrons. The van der Waals surface area contributed by atoms with Crippen LogP contribution < -0.4 is 10.1 Å². The fourth-order valence-electron chi connectivity index (χ4n) is 2.59. The zero-order chi connectivity index (χ0) is 12.0. The van der Waals surface area contributed by atoms with E-state index in [9.17, 15) is 9.90 Å². The van der Waals surface area contributed by atoms with Crippen molar-refractivity contribution >= 4 is 11.6 Å². The number of amides is 1. The summed E-state index contributed by atoms with van der Waals surface area (Å²) in [7, 11) is 0. The molecule has 1 aliphatic carbocycles. The first kappa shape index (κ1) is 10.6. The van der Waals surface area contributed by atoms with Gasteiger partial charge in [-0.15, -0.1) is 0 Å². The Labute approximate surface area is 99.6 Å². The third-order valence-electron chi connectivity index (χ3n) is 3.92. The van der Waals surface area contributed by atoms with Crippen molar-refractivity contribution in [3.63, 3.8) is 0 Å². The first-order valence-electron chi connectivity index (χ1n) is 5.84. The molecule has 1 fully saturated rings. The largest absolute Gasteiger partial charge is 0.482 e. The molecule has 17 heavy (non-hydrogen) atoms. The SMILES string of the molecule is CC1CC1(CO)c1ccc2c(c1)NC(=O)CO2. The highest BCUT2D eigenvalue weighted by molar-refractivity contribution is 5.95. The number of hydrogen-bond acceptors (Lipinski definition) is 3. The van der Waals surface area contributed by atoms with Crippen molar-refractivity contribution in [2.45, 2.75) is 18.8 Å². The molecule has 1 aliphatic heterocycles. The number of rotatable bonds is 2. The van der Waals surface area contributed by atoms with Gasteiger partial charge in [0.05, 0.1) is 12.3 Å². The smallest absolute Gasteiger partial charge is 0.262 e. The van der Waals surface area contributed by atoms with Crippen LogP contribution in [0.1, 0.15) is 18.9 Å². The highest BCUT2D eigenvalue weighted by atomic mass is 16.5. The molecule has 1 heterocycles. The van der Waals surface area contributed by atoms with E-state index in [1.807, 2.05) is 18.2 Å². The maximum Gasteiger partial charge on any atom is 0.262 e. The Kier molecular flexibility index (Phi) is 2.16. The molecule has 2 aliphatic rings. The van der Waals surface area contributed by atoms with E-state index in [0.717, 1.165) is 12.0 Å². The van der Waals surface area contributed by atoms with Gasteiger partial charge in [-0.2, -0.15) is 0 Å². The van der Waals surface area contributed by atoms with Crippen molar-refractivity contribution in [2.24, 2.45) is 5.92 Å². The summed E-state index contributed by atoms with van der Waals surface area (Å²) < 4.78 is 5.31. The lowest BCUT2D eigenvalue weighted by atomic mass is 9.93. The molecule has 0 bridgehead atoms. The molecule has 0 radical (unpaired) electrons. The summed E-state index contributed by atoms with van der Waals surface area (Å²) in [5.41, 5.74) is 1.68. The Morgan fingerprint density at radius 2 is 2.35 bits per heavy atom. The van der Waals surface area contributed by atoms with Crippen LogP contribution in [-0.4, -0.2) is 24.2 Å². The zero-order valence-corrected chi connectivity index (χ0v) is 9.69. The summed E-state index contributed by atoms with van der Waals surface area (Å²) in [5, 5.41) is 12.3. The van der Waals surface area contributed by atoms with Crippen LogP contribution in [-0.2, 0) is 10.2 Å². The monoisotopic (exact) mass is 233 g/mol. The van der Waals surface area contributed by atoms with Crippen LogP contribution >= 0.6 is 0 Å². The summed E-state index contributed by atoms with van der Waals surface area (Å²) >= 11 is 0. The van der Waals surface area contributed by atoms with Gasteiger partial charge in [-0.05, 0) is 30.0 Å². The number of benzene rings is 1. The summed E-state index contributed by atoms with van der Waals surface area (Å²) in [4.78, 5) is 11.3. The first-order chi connectivity index (χ1) is 8.15. The Morgan fingerprint density at radius 3 is 3.00 bits per heavy atom. The van der Waals surface area contributed by atoms with Gasteiger partial charge >= 0.3 is 0 Å². The molecule has 2 N–H and O–H groups in total. The average Bonchev–Trinajstić information content (AvgIpc) is 3.00. The Morgan fingerprint density at radius 1 is 1.59 bits per heavy atom. The molecule has 4 nitrogen and oxygen atoms in total. The van der Waals surface area contributed by atoms with Crippen molar-refractivity contribution in [1.29, 1.82) is 0 Å². The van der Waals surface area contributed by atoms with Gasteiger partial charge in [0, 0.05) is 5.41 Å². The highest BCUT2D eigenvalue weighted by Gasteiger charge is 2.52. The molecular formula is C13H15NO3. The molecule has 2 atom stereocenters. The predicted molar refractivity (Wildman–Crippen MR) is 63.1 cm³/mol. The van der Waals surface area contributed by atoms with Crippen LogP contribution in [0, 0.1) is 5.92 Å². The lowest BCUT2D eigenvalue weighted by molar-refractivity contribution is -0.118. The fraction of sp³-hybridized carbons (Fsp3) is 0.462. The minimum Gasteiger partial charge on any atom is -0.482 e. The molecule has 3 rings (SSSR count). The molecule has 0 aromatic heterocycles. The summed E-state index contributed by atoms with van der Waals surface area (Å²) in [6.07, 6.45) is 0.997. The standard InChI is InChI=1S/C13H15NO3/c1-8-5-13(8,7-15)9-2-3-11-10(4-9)14-12(16)6-17-11/h2-4,8,15H,5-7H2,1H3,(H,14,16). The van der Waals surface area contributed by atoms with Crippen LogP contribution in [0.5, 0.6) is 5.75 Å². The van der Waals surface area contributed by atoms with Crippen molar-refractivity contribution in [3.8, 4) is 5.75 Å². The van der Waals surface area contributed by atoms with Gasteiger partial charge < -0.3 is 15.2 Å². The maximum atomic E-state index is 11.3. The van der Waals surface area contributed by atoms with Gasteiger partial charge in [0.1, 0.15) is 5.75 Å². The second-order valence-electron chi connectivity index (χ2n) is 4.97. The number of carbonyl (C=O) groups excluding carboxylic acids is 1. The third-order valence-corrected chi connectivity index (χ3v) is 3.92. The number of aliphatic hydroxyl groups excluding tert-OH is 1. The molecule has 1 aromatic rings. The normalized spacial score (nSPS) is 30.2. The quantitative estimate of drug-likeness (QED) is 0.809. The number of anilines is 1.